The molecule has 2 nitrogen and oxygen atoms in total. The van der Waals surface area contributed by atoms with E-state index in [4.69, 9.17) is 10.5 Å². The summed E-state index contributed by atoms with van der Waals surface area (Å²) in [6.45, 7) is 7.72. The van der Waals surface area contributed by atoms with Gasteiger partial charge in [0.15, 0.2) is 0 Å². The normalized spacial score (nSPS) is 12.5. The summed E-state index contributed by atoms with van der Waals surface area (Å²) in [6.07, 6.45) is 2.76. The van der Waals surface area contributed by atoms with Crippen molar-refractivity contribution in [3.8, 4) is 5.75 Å². The Bertz CT molecular complexity index is 320. The van der Waals surface area contributed by atoms with Crippen LogP contribution in [0.3, 0.4) is 0 Å². The van der Waals surface area contributed by atoms with Crippen molar-refractivity contribution >= 4 is 0 Å². The van der Waals surface area contributed by atoms with Crippen molar-refractivity contribution < 1.29 is 4.74 Å². The van der Waals surface area contributed by atoms with Crippen LogP contribution in [0.5, 0.6) is 5.75 Å². The van der Waals surface area contributed by atoms with Gasteiger partial charge in [0.05, 0.1) is 6.10 Å². The molecule has 0 saturated carbocycles. The smallest absolute Gasteiger partial charge is 0.124 e. The lowest BCUT2D eigenvalue weighted by Crippen LogP contribution is -2.13. The van der Waals surface area contributed by atoms with E-state index in [-0.39, 0.29) is 12.1 Å². The number of hydrogen-bond acceptors (Lipinski definition) is 2. The van der Waals surface area contributed by atoms with Gasteiger partial charge in [0, 0.05) is 11.6 Å². The van der Waals surface area contributed by atoms with E-state index in [1.807, 2.05) is 44.2 Å². The Morgan fingerprint density at radius 1 is 1.40 bits per heavy atom. The molecule has 2 N–H and O–H groups in total. The summed E-state index contributed by atoms with van der Waals surface area (Å²) in [5.74, 6) is 0.877. The molecule has 82 valence electrons. The average molecular weight is 205 g/mol. The minimum Gasteiger partial charge on any atom is -0.491 e. The van der Waals surface area contributed by atoms with Crippen molar-refractivity contribution in [2.75, 3.05) is 0 Å². The van der Waals surface area contributed by atoms with Crippen molar-refractivity contribution in [3.05, 3.63) is 42.5 Å². The van der Waals surface area contributed by atoms with Crippen LogP contribution in [0.2, 0.25) is 0 Å². The summed E-state index contributed by atoms with van der Waals surface area (Å²) in [4.78, 5) is 0. The van der Waals surface area contributed by atoms with Gasteiger partial charge in [0.25, 0.3) is 0 Å². The Balaban J connectivity index is 2.89. The van der Waals surface area contributed by atoms with E-state index in [1.165, 1.54) is 0 Å². The molecule has 0 bridgehead atoms. The molecule has 1 aromatic carbocycles. The van der Waals surface area contributed by atoms with Gasteiger partial charge in [-0.1, -0.05) is 24.3 Å². The second kappa shape index (κ2) is 5.56. The topological polar surface area (TPSA) is 35.2 Å². The minimum atomic E-state index is -0.0301. The van der Waals surface area contributed by atoms with Gasteiger partial charge in [-0.25, -0.2) is 0 Å². The van der Waals surface area contributed by atoms with Crippen LogP contribution in [0.4, 0.5) is 0 Å². The quantitative estimate of drug-likeness (QED) is 0.750. The Kier molecular flexibility index (Phi) is 4.37. The van der Waals surface area contributed by atoms with Crippen molar-refractivity contribution in [3.63, 3.8) is 0 Å². The summed E-state index contributed by atoms with van der Waals surface area (Å²) >= 11 is 0. The lowest BCUT2D eigenvalue weighted by Gasteiger charge is -2.17. The van der Waals surface area contributed by atoms with Gasteiger partial charge in [0.2, 0.25) is 0 Å². The van der Waals surface area contributed by atoms with Gasteiger partial charge in [-0.2, -0.15) is 0 Å². The molecule has 0 aliphatic heterocycles. The number of benzene rings is 1. The maximum absolute atomic E-state index is 6.03. The van der Waals surface area contributed by atoms with E-state index >= 15 is 0 Å². The van der Waals surface area contributed by atoms with Crippen LogP contribution < -0.4 is 10.5 Å². The number of para-hydroxylation sites is 1. The van der Waals surface area contributed by atoms with E-state index in [9.17, 15) is 0 Å². The second-order valence-corrected chi connectivity index (χ2v) is 3.84. The number of nitrogens with two attached hydrogens (primary N) is 1. The van der Waals surface area contributed by atoms with Crippen LogP contribution in [0.15, 0.2) is 36.9 Å². The van der Waals surface area contributed by atoms with Gasteiger partial charge in [-0.3, -0.25) is 0 Å². The molecule has 0 aliphatic rings. The molecule has 2 heteroatoms. The molecule has 0 aromatic heterocycles. The standard InChI is InChI=1S/C13H19NO/c1-4-7-12(14)11-8-5-6-9-13(11)15-10(2)3/h4-6,8-10,12H,1,7,14H2,2-3H3/t12-/m1/s1. The molecule has 0 unspecified atom stereocenters. The first kappa shape index (κ1) is 11.8. The van der Waals surface area contributed by atoms with Gasteiger partial charge < -0.3 is 10.5 Å². The molecule has 1 aromatic rings. The number of hydrogen-bond donors (Lipinski definition) is 1. The molecule has 0 spiro atoms. The molecule has 0 heterocycles. The lowest BCUT2D eigenvalue weighted by atomic mass is 10.0. The Morgan fingerprint density at radius 3 is 2.67 bits per heavy atom. The molecule has 0 fully saturated rings. The summed E-state index contributed by atoms with van der Waals surface area (Å²) < 4.78 is 5.70. The molecule has 0 saturated heterocycles. The first-order valence-electron chi connectivity index (χ1n) is 5.27. The second-order valence-electron chi connectivity index (χ2n) is 3.84. The summed E-state index contributed by atoms with van der Waals surface area (Å²) in [5.41, 5.74) is 7.08. The van der Waals surface area contributed by atoms with Crippen molar-refractivity contribution in [1.29, 1.82) is 0 Å². The molecule has 1 atom stereocenters. The highest BCUT2D eigenvalue weighted by Gasteiger charge is 2.10. The number of rotatable bonds is 5. The summed E-state index contributed by atoms with van der Waals surface area (Å²) in [6, 6.07) is 7.87. The van der Waals surface area contributed by atoms with Crippen LogP contribution in [-0.4, -0.2) is 6.10 Å². The van der Waals surface area contributed by atoms with Crippen LogP contribution >= 0.6 is 0 Å². The molecule has 0 aliphatic carbocycles. The van der Waals surface area contributed by atoms with Gasteiger partial charge in [-0.05, 0) is 26.3 Å². The summed E-state index contributed by atoms with van der Waals surface area (Å²) in [7, 11) is 0. The van der Waals surface area contributed by atoms with Crippen LogP contribution in [0.1, 0.15) is 31.9 Å². The Morgan fingerprint density at radius 2 is 2.07 bits per heavy atom. The van der Waals surface area contributed by atoms with E-state index < -0.39 is 0 Å². The largest absolute Gasteiger partial charge is 0.491 e. The lowest BCUT2D eigenvalue weighted by molar-refractivity contribution is 0.238. The molecule has 0 radical (unpaired) electrons. The fourth-order valence-corrected chi connectivity index (χ4v) is 1.45. The highest BCUT2D eigenvalue weighted by Crippen LogP contribution is 2.26. The predicted octanol–water partition coefficient (Wildman–Crippen LogP) is 3.05. The Labute approximate surface area is 91.7 Å². The zero-order chi connectivity index (χ0) is 11.3. The maximum atomic E-state index is 6.03. The average Bonchev–Trinajstić information content (AvgIpc) is 2.18. The zero-order valence-electron chi connectivity index (χ0n) is 9.44. The van der Waals surface area contributed by atoms with E-state index in [0.717, 1.165) is 17.7 Å². The monoisotopic (exact) mass is 205 g/mol. The van der Waals surface area contributed by atoms with Gasteiger partial charge in [0.1, 0.15) is 5.75 Å². The fraction of sp³-hybridized carbons (Fsp3) is 0.385. The minimum absolute atomic E-state index is 0.0301. The number of ether oxygens (including phenoxy) is 1. The summed E-state index contributed by atoms with van der Waals surface area (Å²) in [5, 5.41) is 0. The molecule has 15 heavy (non-hydrogen) atoms. The zero-order valence-corrected chi connectivity index (χ0v) is 9.44. The first-order valence-corrected chi connectivity index (χ1v) is 5.27. The van der Waals surface area contributed by atoms with Gasteiger partial charge in [-0.15, -0.1) is 6.58 Å². The molecular formula is C13H19NO. The third-order valence-electron chi connectivity index (χ3n) is 2.10. The predicted molar refractivity (Wildman–Crippen MR) is 63.9 cm³/mol. The van der Waals surface area contributed by atoms with E-state index in [0.29, 0.717) is 0 Å². The van der Waals surface area contributed by atoms with Crippen LogP contribution in [0, 0.1) is 0 Å². The van der Waals surface area contributed by atoms with Crippen molar-refractivity contribution in [2.45, 2.75) is 32.4 Å². The van der Waals surface area contributed by atoms with Gasteiger partial charge >= 0.3 is 0 Å². The maximum Gasteiger partial charge on any atom is 0.124 e. The fourth-order valence-electron chi connectivity index (χ4n) is 1.45. The Hall–Kier alpha value is -1.28. The van der Waals surface area contributed by atoms with Crippen LogP contribution in [-0.2, 0) is 0 Å². The van der Waals surface area contributed by atoms with E-state index in [2.05, 4.69) is 6.58 Å². The molecule has 1 rings (SSSR count). The first-order chi connectivity index (χ1) is 7.15. The highest BCUT2D eigenvalue weighted by molar-refractivity contribution is 5.36. The third kappa shape index (κ3) is 3.40. The third-order valence-corrected chi connectivity index (χ3v) is 2.10. The van der Waals surface area contributed by atoms with Crippen LogP contribution in [0.25, 0.3) is 0 Å². The molecule has 0 amide bonds. The SMILES string of the molecule is C=CC[C@@H](N)c1ccccc1OC(C)C. The van der Waals surface area contributed by atoms with Crippen molar-refractivity contribution in [2.24, 2.45) is 5.73 Å². The van der Waals surface area contributed by atoms with Crippen molar-refractivity contribution in [1.82, 2.24) is 0 Å². The van der Waals surface area contributed by atoms with E-state index in [1.54, 1.807) is 0 Å². The molecular weight excluding hydrogens is 186 g/mol. The highest BCUT2D eigenvalue weighted by atomic mass is 16.5.